The van der Waals surface area contributed by atoms with Gasteiger partial charge >= 0.3 is 6.09 Å². The van der Waals surface area contributed by atoms with E-state index in [9.17, 15) is 4.79 Å². The first-order valence-electron chi connectivity index (χ1n) is 8.78. The molecule has 7 nitrogen and oxygen atoms in total. The summed E-state index contributed by atoms with van der Waals surface area (Å²) in [5.74, 6) is 0. The molecular weight excluding hydrogens is 322 g/mol. The fourth-order valence-electron chi connectivity index (χ4n) is 3.42. The van der Waals surface area contributed by atoms with E-state index >= 15 is 0 Å². The highest BCUT2D eigenvalue weighted by Crippen LogP contribution is 2.32. The number of aromatic nitrogens is 2. The Hall–Kier alpha value is -1.60. The molecule has 0 bridgehead atoms. The van der Waals surface area contributed by atoms with Gasteiger partial charge in [0.2, 0.25) is 0 Å². The highest BCUT2D eigenvalue weighted by molar-refractivity contribution is 5.68. The molecule has 4 atom stereocenters. The number of carbonyl (C=O) groups is 1. The number of rotatable bonds is 3. The Morgan fingerprint density at radius 3 is 2.60 bits per heavy atom. The molecule has 2 rings (SSSR count). The summed E-state index contributed by atoms with van der Waals surface area (Å²) in [7, 11) is 3.56. The van der Waals surface area contributed by atoms with Crippen LogP contribution in [-0.2, 0) is 21.3 Å². The summed E-state index contributed by atoms with van der Waals surface area (Å²) in [5, 5.41) is 7.26. The summed E-state index contributed by atoms with van der Waals surface area (Å²) in [6, 6.07) is -0.173. The van der Waals surface area contributed by atoms with Gasteiger partial charge in [-0.1, -0.05) is 0 Å². The van der Waals surface area contributed by atoms with Crippen LogP contribution in [0.15, 0.2) is 6.20 Å². The lowest BCUT2D eigenvalue weighted by atomic mass is 10.0. The van der Waals surface area contributed by atoms with Gasteiger partial charge in [-0.25, -0.2) is 4.79 Å². The Bertz CT molecular complexity index is 574. The fraction of sp³-hybridized carbons (Fsp3) is 0.778. The number of aryl methyl sites for hydroxylation is 2. The molecule has 1 aromatic rings. The van der Waals surface area contributed by atoms with Gasteiger partial charge < -0.3 is 19.5 Å². The maximum Gasteiger partial charge on any atom is 0.407 e. The van der Waals surface area contributed by atoms with E-state index in [-0.39, 0.29) is 24.4 Å². The molecule has 1 aliphatic heterocycles. The molecule has 1 fully saturated rings. The maximum absolute atomic E-state index is 12.2. The zero-order valence-corrected chi connectivity index (χ0v) is 16.3. The minimum Gasteiger partial charge on any atom is -0.444 e. The van der Waals surface area contributed by atoms with Gasteiger partial charge in [0, 0.05) is 14.2 Å². The largest absolute Gasteiger partial charge is 0.444 e. The third-order valence-corrected chi connectivity index (χ3v) is 4.43. The second kappa shape index (κ2) is 7.74. The van der Waals surface area contributed by atoms with E-state index in [1.54, 1.807) is 7.11 Å². The average Bonchev–Trinajstić information content (AvgIpc) is 2.72. The van der Waals surface area contributed by atoms with Gasteiger partial charge in [-0.05, 0) is 53.0 Å². The zero-order valence-electron chi connectivity index (χ0n) is 16.3. The van der Waals surface area contributed by atoms with Crippen LogP contribution < -0.4 is 5.32 Å². The van der Waals surface area contributed by atoms with Crippen molar-refractivity contribution < 1.29 is 19.0 Å². The lowest BCUT2D eigenvalue weighted by Gasteiger charge is -2.29. The number of ether oxygens (including phenoxy) is 3. The predicted octanol–water partition coefficient (Wildman–Crippen LogP) is 2.88. The molecule has 0 spiro atoms. The van der Waals surface area contributed by atoms with Crippen LogP contribution in [0.1, 0.15) is 57.9 Å². The molecule has 0 aromatic carbocycles. The molecule has 25 heavy (non-hydrogen) atoms. The molecule has 1 N–H and O–H groups in total. The van der Waals surface area contributed by atoms with Crippen molar-refractivity contribution in [3.8, 4) is 0 Å². The quantitative estimate of drug-likeness (QED) is 0.904. The van der Waals surface area contributed by atoms with Crippen molar-refractivity contribution in [1.29, 1.82) is 0 Å². The minimum atomic E-state index is -0.534. The minimum absolute atomic E-state index is 0.0782. The van der Waals surface area contributed by atoms with E-state index in [2.05, 4.69) is 10.4 Å². The first-order valence-corrected chi connectivity index (χ1v) is 8.78. The summed E-state index contributed by atoms with van der Waals surface area (Å²) >= 11 is 0. The van der Waals surface area contributed by atoms with Crippen molar-refractivity contribution >= 4 is 6.09 Å². The van der Waals surface area contributed by atoms with E-state index in [1.165, 1.54) is 0 Å². The number of hydrogen-bond acceptors (Lipinski definition) is 5. The van der Waals surface area contributed by atoms with Crippen molar-refractivity contribution in [3.63, 3.8) is 0 Å². The monoisotopic (exact) mass is 353 g/mol. The van der Waals surface area contributed by atoms with Crippen LogP contribution in [0.25, 0.3) is 0 Å². The van der Waals surface area contributed by atoms with Crippen LogP contribution >= 0.6 is 0 Å². The normalized spacial score (nSPS) is 27.6. The van der Waals surface area contributed by atoms with Crippen molar-refractivity contribution in [2.75, 3.05) is 7.11 Å². The molecule has 0 radical (unpaired) electrons. The van der Waals surface area contributed by atoms with Crippen LogP contribution in [0, 0.1) is 6.92 Å². The molecule has 142 valence electrons. The van der Waals surface area contributed by atoms with Gasteiger partial charge in [0.05, 0.1) is 30.1 Å². The molecule has 2 heterocycles. The van der Waals surface area contributed by atoms with Gasteiger partial charge in [-0.3, -0.25) is 4.68 Å². The van der Waals surface area contributed by atoms with Crippen molar-refractivity contribution in [2.45, 2.75) is 77.4 Å². The number of carbonyl (C=O) groups excluding carboxylic acids is 1. The van der Waals surface area contributed by atoms with E-state index in [1.807, 2.05) is 52.5 Å². The smallest absolute Gasteiger partial charge is 0.407 e. The maximum atomic E-state index is 12.2. The molecule has 7 heteroatoms. The van der Waals surface area contributed by atoms with Crippen molar-refractivity contribution in [3.05, 3.63) is 17.5 Å². The molecule has 0 saturated carbocycles. The molecular formula is C18H31N3O4. The van der Waals surface area contributed by atoms with Gasteiger partial charge in [0.1, 0.15) is 11.7 Å². The summed E-state index contributed by atoms with van der Waals surface area (Å²) in [6.07, 6.45) is 2.42. The third kappa shape index (κ3) is 4.95. The fourth-order valence-corrected chi connectivity index (χ4v) is 3.42. The third-order valence-electron chi connectivity index (χ3n) is 4.43. The van der Waals surface area contributed by atoms with E-state index in [0.29, 0.717) is 0 Å². The van der Waals surface area contributed by atoms with Gasteiger partial charge in [0.25, 0.3) is 0 Å². The Kier molecular flexibility index (Phi) is 6.11. The number of nitrogens with one attached hydrogen (secondary N) is 1. The first-order chi connectivity index (χ1) is 11.6. The van der Waals surface area contributed by atoms with Gasteiger partial charge in [-0.2, -0.15) is 5.10 Å². The molecule has 1 saturated heterocycles. The molecule has 0 aliphatic carbocycles. The van der Waals surface area contributed by atoms with Crippen molar-refractivity contribution in [2.24, 2.45) is 7.05 Å². The Labute approximate surface area is 150 Å². The Morgan fingerprint density at radius 2 is 2.08 bits per heavy atom. The first kappa shape index (κ1) is 19.7. The lowest BCUT2D eigenvalue weighted by molar-refractivity contribution is -0.0793. The molecule has 1 amide bonds. The topological polar surface area (TPSA) is 74.6 Å². The zero-order chi connectivity index (χ0) is 18.8. The van der Waals surface area contributed by atoms with Crippen LogP contribution in [0.5, 0.6) is 0 Å². The Balaban J connectivity index is 2.13. The summed E-state index contributed by atoms with van der Waals surface area (Å²) in [6.45, 7) is 9.55. The standard InChI is InChI=1S/C18H31N3O4/c1-11-10-19-21(6)15(11)14-9-8-13(16(23-7)12(2)24-14)20-17(22)25-18(3,4)5/h10,12-14,16H,8-9H2,1-7H3,(H,20,22)/t12-,13-,14+,16-/m1/s1. The summed E-state index contributed by atoms with van der Waals surface area (Å²) < 4.78 is 19.1. The molecule has 1 aromatic heterocycles. The second-order valence-electron chi connectivity index (χ2n) is 7.70. The van der Waals surface area contributed by atoms with E-state index in [0.717, 1.165) is 24.1 Å². The predicted molar refractivity (Wildman–Crippen MR) is 94.4 cm³/mol. The number of amides is 1. The van der Waals surface area contributed by atoms with E-state index < -0.39 is 11.7 Å². The van der Waals surface area contributed by atoms with Crippen LogP contribution in [0.2, 0.25) is 0 Å². The highest BCUT2D eigenvalue weighted by Gasteiger charge is 2.36. The van der Waals surface area contributed by atoms with Crippen molar-refractivity contribution in [1.82, 2.24) is 15.1 Å². The summed E-state index contributed by atoms with van der Waals surface area (Å²) in [4.78, 5) is 12.2. The molecule has 0 unspecified atom stereocenters. The Morgan fingerprint density at radius 1 is 1.40 bits per heavy atom. The second-order valence-corrected chi connectivity index (χ2v) is 7.70. The number of methoxy groups -OCH3 is 1. The number of hydrogen-bond donors (Lipinski definition) is 1. The van der Waals surface area contributed by atoms with Crippen LogP contribution in [0.3, 0.4) is 0 Å². The average molecular weight is 353 g/mol. The molecule has 1 aliphatic rings. The summed E-state index contributed by atoms with van der Waals surface area (Å²) in [5.41, 5.74) is 1.64. The van der Waals surface area contributed by atoms with Gasteiger partial charge in [0.15, 0.2) is 0 Å². The lowest BCUT2D eigenvalue weighted by Crippen LogP contribution is -2.49. The van der Waals surface area contributed by atoms with E-state index in [4.69, 9.17) is 14.2 Å². The van der Waals surface area contributed by atoms with Crippen LogP contribution in [0.4, 0.5) is 4.79 Å². The number of nitrogens with zero attached hydrogens (tertiary/aromatic N) is 2. The number of alkyl carbamates (subject to hydrolysis) is 1. The van der Waals surface area contributed by atoms with Crippen LogP contribution in [-0.4, -0.2) is 46.8 Å². The highest BCUT2D eigenvalue weighted by atomic mass is 16.6. The SMILES string of the molecule is CO[C@H]1[C@H](NC(=O)OC(C)(C)C)CC[C@@H](c2c(C)cnn2C)O[C@@H]1C. The van der Waals surface area contributed by atoms with Gasteiger partial charge in [-0.15, -0.1) is 0 Å².